The number of hydrogen-bond acceptors (Lipinski definition) is 9. The molecule has 0 aliphatic heterocycles. The lowest BCUT2D eigenvalue weighted by Crippen LogP contribution is -2.39. The minimum Gasteiger partial charge on any atom is -0.497 e. The van der Waals surface area contributed by atoms with Gasteiger partial charge in [-0.15, -0.1) is 11.3 Å². The molecule has 1 amide bonds. The highest BCUT2D eigenvalue weighted by atomic mass is 32.1. The van der Waals surface area contributed by atoms with Crippen molar-refractivity contribution in [3.63, 3.8) is 0 Å². The van der Waals surface area contributed by atoms with Crippen LogP contribution >= 0.6 is 11.3 Å². The molecular formula is C30H32F3N5O4S. The minimum atomic E-state index is -4.37. The van der Waals surface area contributed by atoms with E-state index in [2.05, 4.69) is 20.6 Å². The molecule has 1 saturated carbocycles. The summed E-state index contributed by atoms with van der Waals surface area (Å²) in [5.74, 6) is 1.36. The van der Waals surface area contributed by atoms with Crippen LogP contribution in [0.2, 0.25) is 0 Å². The third kappa shape index (κ3) is 7.85. The van der Waals surface area contributed by atoms with Crippen LogP contribution < -0.4 is 20.3 Å². The summed E-state index contributed by atoms with van der Waals surface area (Å²) in [6.07, 6.45) is -6.18. The van der Waals surface area contributed by atoms with Gasteiger partial charge in [0.1, 0.15) is 23.0 Å². The molecule has 5 rings (SSSR count). The number of benzene rings is 2. The molecule has 2 aromatic carbocycles. The number of rotatable bonds is 10. The van der Waals surface area contributed by atoms with Gasteiger partial charge in [-0.1, -0.05) is 42.5 Å². The van der Waals surface area contributed by atoms with Crippen molar-refractivity contribution in [3.05, 3.63) is 76.7 Å². The highest BCUT2D eigenvalue weighted by molar-refractivity contribution is 7.18. The molecule has 1 fully saturated rings. The van der Waals surface area contributed by atoms with Crippen LogP contribution in [0.25, 0.3) is 10.2 Å². The van der Waals surface area contributed by atoms with Crippen molar-refractivity contribution < 1.29 is 32.5 Å². The lowest BCUT2D eigenvalue weighted by molar-refractivity contribution is -0.126. The van der Waals surface area contributed by atoms with Crippen LogP contribution in [0.5, 0.6) is 5.75 Å². The molecule has 9 nitrogen and oxygen atoms in total. The topological polar surface area (TPSA) is 109 Å². The lowest BCUT2D eigenvalue weighted by atomic mass is 10.1. The smallest absolute Gasteiger partial charge is 0.407 e. The first-order chi connectivity index (χ1) is 20.6. The Hall–Kier alpha value is -4.10. The number of aromatic nitrogens is 2. The summed E-state index contributed by atoms with van der Waals surface area (Å²) in [5, 5.41) is 17.4. The van der Waals surface area contributed by atoms with Crippen LogP contribution in [0.15, 0.2) is 60.7 Å². The highest BCUT2D eigenvalue weighted by Crippen LogP contribution is 2.37. The third-order valence-electron chi connectivity index (χ3n) is 7.27. The Kier molecular flexibility index (Phi) is 9.21. The number of anilines is 2. The van der Waals surface area contributed by atoms with Gasteiger partial charge in [-0.25, -0.2) is 9.78 Å². The van der Waals surface area contributed by atoms with Crippen LogP contribution in [0.4, 0.5) is 29.7 Å². The van der Waals surface area contributed by atoms with E-state index in [0.717, 1.165) is 22.5 Å². The average molecular weight is 616 g/mol. The number of aliphatic hydroxyl groups is 1. The summed E-state index contributed by atoms with van der Waals surface area (Å²) < 4.78 is 50.2. The maximum atomic E-state index is 13.2. The number of amides is 1. The first kappa shape index (κ1) is 30.4. The first-order valence-electron chi connectivity index (χ1n) is 13.7. The summed E-state index contributed by atoms with van der Waals surface area (Å²) in [7, 11) is 3.32. The second-order valence-electron chi connectivity index (χ2n) is 10.4. The lowest BCUT2D eigenvalue weighted by Gasteiger charge is -2.29. The Bertz CT molecular complexity index is 1530. The first-order valence-corrected chi connectivity index (χ1v) is 14.5. The molecule has 0 saturated heterocycles. The van der Waals surface area contributed by atoms with Crippen molar-refractivity contribution in [1.82, 2.24) is 15.3 Å². The molecule has 3 N–H and O–H groups in total. The molecule has 0 spiro atoms. The Morgan fingerprint density at radius 2 is 1.84 bits per heavy atom. The van der Waals surface area contributed by atoms with Crippen LogP contribution in [0.3, 0.4) is 0 Å². The van der Waals surface area contributed by atoms with E-state index in [1.54, 1.807) is 19.1 Å². The number of ether oxygens (including phenoxy) is 2. The number of alkyl halides is 3. The van der Waals surface area contributed by atoms with Gasteiger partial charge in [0.05, 0.1) is 31.1 Å². The molecule has 0 unspecified atom stereocenters. The largest absolute Gasteiger partial charge is 0.497 e. The maximum absolute atomic E-state index is 13.2. The summed E-state index contributed by atoms with van der Waals surface area (Å²) in [6, 6.07) is 17.4. The van der Waals surface area contributed by atoms with Gasteiger partial charge >= 0.3 is 12.3 Å². The molecule has 43 heavy (non-hydrogen) atoms. The van der Waals surface area contributed by atoms with E-state index in [0.29, 0.717) is 34.7 Å². The van der Waals surface area contributed by atoms with E-state index in [4.69, 9.17) is 9.47 Å². The van der Waals surface area contributed by atoms with Crippen LogP contribution in [0.1, 0.15) is 28.8 Å². The number of halogens is 3. The predicted octanol–water partition coefficient (Wildman–Crippen LogP) is 5.67. The summed E-state index contributed by atoms with van der Waals surface area (Å²) in [5.41, 5.74) is 1.79. The number of methoxy groups -OCH3 is 1. The minimum absolute atomic E-state index is 0.117. The second-order valence-corrected chi connectivity index (χ2v) is 11.5. The van der Waals surface area contributed by atoms with E-state index in [1.807, 2.05) is 54.6 Å². The van der Waals surface area contributed by atoms with E-state index in [9.17, 15) is 23.1 Å². The molecule has 1 aliphatic carbocycles. The number of alkyl carbamates (subject to hydrolysis) is 1. The average Bonchev–Trinajstić information content (AvgIpc) is 3.55. The number of aliphatic hydroxyl groups excluding tert-OH is 1. The van der Waals surface area contributed by atoms with Gasteiger partial charge in [0.2, 0.25) is 5.95 Å². The number of carbonyl (C=O) groups excluding carboxylic acids is 1. The molecule has 228 valence electrons. The SMILES string of the molecule is COc1ccc(CNc2nc(N(C)[C@H]3C[C@@H](NC(=O)OCc4ccccc4)C[C@H]3O)c3cc(CC(F)(F)F)sc3n2)cc1. The van der Waals surface area contributed by atoms with E-state index < -0.39 is 30.8 Å². The monoisotopic (exact) mass is 615 g/mol. The van der Waals surface area contributed by atoms with Crippen LogP contribution in [0, 0.1) is 0 Å². The highest BCUT2D eigenvalue weighted by Gasteiger charge is 2.38. The van der Waals surface area contributed by atoms with Gasteiger partial charge in [-0.2, -0.15) is 18.2 Å². The van der Waals surface area contributed by atoms with E-state index in [-0.39, 0.29) is 29.9 Å². The fourth-order valence-corrected chi connectivity index (χ4v) is 6.18. The van der Waals surface area contributed by atoms with Gasteiger partial charge in [0, 0.05) is 24.5 Å². The van der Waals surface area contributed by atoms with Crippen molar-refractivity contribution in [2.45, 2.75) is 56.8 Å². The maximum Gasteiger partial charge on any atom is 0.407 e. The van der Waals surface area contributed by atoms with Gasteiger partial charge in [0.25, 0.3) is 0 Å². The van der Waals surface area contributed by atoms with Crippen LogP contribution in [-0.4, -0.2) is 59.7 Å². The van der Waals surface area contributed by atoms with Gasteiger partial charge in [-0.3, -0.25) is 0 Å². The summed E-state index contributed by atoms with van der Waals surface area (Å²) in [6.45, 7) is 0.498. The molecule has 0 radical (unpaired) electrons. The van der Waals surface area contributed by atoms with E-state index >= 15 is 0 Å². The molecule has 0 bridgehead atoms. The third-order valence-corrected chi connectivity index (χ3v) is 8.30. The summed E-state index contributed by atoms with van der Waals surface area (Å²) >= 11 is 0.962. The fraction of sp³-hybridized carbons (Fsp3) is 0.367. The van der Waals surface area contributed by atoms with Gasteiger partial charge in [0.15, 0.2) is 0 Å². The van der Waals surface area contributed by atoms with Gasteiger partial charge in [-0.05, 0) is 42.2 Å². The van der Waals surface area contributed by atoms with Crippen molar-refractivity contribution in [2.75, 3.05) is 24.4 Å². The number of hydrogen-bond donors (Lipinski definition) is 3. The molecule has 3 atom stereocenters. The number of nitrogens with zero attached hydrogens (tertiary/aromatic N) is 3. The fourth-order valence-electron chi connectivity index (χ4n) is 5.13. The summed E-state index contributed by atoms with van der Waals surface area (Å²) in [4.78, 5) is 23.9. The molecule has 1 aliphatic rings. The zero-order chi connectivity index (χ0) is 30.6. The molecule has 2 aromatic heterocycles. The molecule has 4 aromatic rings. The number of thiophene rings is 1. The molecular weight excluding hydrogens is 583 g/mol. The zero-order valence-corrected chi connectivity index (χ0v) is 24.4. The normalized spacial score (nSPS) is 18.4. The molecule has 13 heteroatoms. The Balaban J connectivity index is 1.33. The number of carbonyl (C=O) groups is 1. The van der Waals surface area contributed by atoms with Crippen molar-refractivity contribution in [1.29, 1.82) is 0 Å². The van der Waals surface area contributed by atoms with E-state index in [1.165, 1.54) is 6.07 Å². The Labute approximate surface area is 250 Å². The quantitative estimate of drug-likeness (QED) is 0.210. The van der Waals surface area contributed by atoms with Crippen molar-refractivity contribution in [3.8, 4) is 5.75 Å². The Morgan fingerprint density at radius 3 is 2.53 bits per heavy atom. The van der Waals surface area contributed by atoms with Gasteiger partial charge < -0.3 is 30.1 Å². The van der Waals surface area contributed by atoms with Crippen LogP contribution in [-0.2, 0) is 24.3 Å². The number of fused-ring (bicyclic) bond motifs is 1. The number of nitrogens with one attached hydrogen (secondary N) is 2. The standard InChI is InChI=1S/C30H32F3N5O4S/c1-38(24-12-20(13-25(24)39)35-29(40)42-17-19-6-4-3-5-7-19)26-23-14-22(15-30(31,32)33)43-27(23)37-28(36-26)34-16-18-8-10-21(41-2)11-9-18/h3-11,14,20,24-25,39H,12-13,15-17H2,1-2H3,(H,35,40)(H,34,36,37)/t20-,24+,25-/m1/s1. The van der Waals surface area contributed by atoms with Crippen molar-refractivity contribution >= 4 is 39.4 Å². The Morgan fingerprint density at radius 1 is 1.09 bits per heavy atom. The molecule has 2 heterocycles. The van der Waals surface area contributed by atoms with Crippen molar-refractivity contribution in [2.24, 2.45) is 0 Å². The second kappa shape index (κ2) is 13.0. The zero-order valence-electron chi connectivity index (χ0n) is 23.6. The predicted molar refractivity (Wildman–Crippen MR) is 158 cm³/mol. The number of likely N-dealkylation sites (N-methyl/N-ethyl adjacent to an activating group) is 1.